The Bertz CT molecular complexity index is 930. The number of hydrogen-bond acceptors (Lipinski definition) is 3. The molecule has 3 rings (SSSR count). The maximum absolute atomic E-state index is 12.7. The Labute approximate surface area is 170 Å². The number of rotatable bonds is 4. The molecule has 1 amide bonds. The van der Waals surface area contributed by atoms with Crippen LogP contribution >= 0.6 is 23.2 Å². The van der Waals surface area contributed by atoms with Gasteiger partial charge in [0.05, 0.1) is 11.0 Å². The standard InChI is InChI=1S/C20H21Cl2NO3S/c21-16-5-3-4-15(14-16)8-9-20(24)23-11-10-19(27(25,26)13-12-23)17-6-1-2-7-18(17)22/h1-7,14,19H,8-13H2. The minimum Gasteiger partial charge on any atom is -0.342 e. The van der Waals surface area contributed by atoms with Crippen LogP contribution in [0, 0.1) is 0 Å². The van der Waals surface area contributed by atoms with Gasteiger partial charge in [-0.05, 0) is 42.2 Å². The number of sulfone groups is 1. The predicted octanol–water partition coefficient (Wildman–Crippen LogP) is 4.31. The van der Waals surface area contributed by atoms with E-state index in [1.807, 2.05) is 18.2 Å². The van der Waals surface area contributed by atoms with Crippen LogP contribution in [0.25, 0.3) is 0 Å². The van der Waals surface area contributed by atoms with E-state index in [9.17, 15) is 13.2 Å². The van der Waals surface area contributed by atoms with Gasteiger partial charge in [-0.15, -0.1) is 0 Å². The Morgan fingerprint density at radius 3 is 2.59 bits per heavy atom. The summed E-state index contributed by atoms with van der Waals surface area (Å²) in [5.41, 5.74) is 1.61. The van der Waals surface area contributed by atoms with Gasteiger partial charge >= 0.3 is 0 Å². The molecule has 1 saturated heterocycles. The minimum atomic E-state index is -3.37. The average molecular weight is 426 g/mol. The van der Waals surface area contributed by atoms with Crippen LogP contribution in [0.5, 0.6) is 0 Å². The van der Waals surface area contributed by atoms with E-state index in [4.69, 9.17) is 23.2 Å². The number of benzene rings is 2. The topological polar surface area (TPSA) is 54.5 Å². The number of amides is 1. The van der Waals surface area contributed by atoms with Gasteiger partial charge in [-0.2, -0.15) is 0 Å². The highest BCUT2D eigenvalue weighted by Gasteiger charge is 2.33. The molecule has 1 aliphatic heterocycles. The first-order valence-electron chi connectivity index (χ1n) is 8.85. The molecule has 1 fully saturated rings. The lowest BCUT2D eigenvalue weighted by Crippen LogP contribution is -2.33. The van der Waals surface area contributed by atoms with Gasteiger partial charge < -0.3 is 4.90 Å². The third-order valence-electron chi connectivity index (χ3n) is 4.86. The van der Waals surface area contributed by atoms with Crippen molar-refractivity contribution in [2.24, 2.45) is 0 Å². The number of carbonyl (C=O) groups is 1. The smallest absolute Gasteiger partial charge is 0.222 e. The van der Waals surface area contributed by atoms with Crippen molar-refractivity contribution in [3.63, 3.8) is 0 Å². The van der Waals surface area contributed by atoms with E-state index in [0.717, 1.165) is 5.56 Å². The Morgan fingerprint density at radius 2 is 1.85 bits per heavy atom. The summed E-state index contributed by atoms with van der Waals surface area (Å²) in [5, 5.41) is 0.423. The van der Waals surface area contributed by atoms with Crippen LogP contribution in [0.3, 0.4) is 0 Å². The van der Waals surface area contributed by atoms with Crippen molar-refractivity contribution in [3.05, 3.63) is 69.7 Å². The highest BCUT2D eigenvalue weighted by molar-refractivity contribution is 7.91. The Balaban J connectivity index is 1.68. The summed E-state index contributed by atoms with van der Waals surface area (Å²) in [4.78, 5) is 14.3. The molecule has 27 heavy (non-hydrogen) atoms. The molecular formula is C20H21Cl2NO3S. The molecule has 0 N–H and O–H groups in total. The summed E-state index contributed by atoms with van der Waals surface area (Å²) in [6.45, 7) is 0.626. The van der Waals surface area contributed by atoms with Gasteiger partial charge in [0.25, 0.3) is 0 Å². The molecule has 0 spiro atoms. The van der Waals surface area contributed by atoms with Crippen LogP contribution in [0.15, 0.2) is 48.5 Å². The molecule has 1 heterocycles. The van der Waals surface area contributed by atoms with Gasteiger partial charge in [-0.3, -0.25) is 4.79 Å². The lowest BCUT2D eigenvalue weighted by Gasteiger charge is -2.20. The van der Waals surface area contributed by atoms with E-state index >= 15 is 0 Å². The molecule has 0 aromatic heterocycles. The molecule has 4 nitrogen and oxygen atoms in total. The van der Waals surface area contributed by atoms with E-state index in [0.29, 0.717) is 41.4 Å². The van der Waals surface area contributed by atoms with Gasteiger partial charge in [0.1, 0.15) is 0 Å². The number of nitrogens with zero attached hydrogens (tertiary/aromatic N) is 1. The van der Waals surface area contributed by atoms with Gasteiger partial charge in [0.2, 0.25) is 5.91 Å². The fraction of sp³-hybridized carbons (Fsp3) is 0.350. The van der Waals surface area contributed by atoms with E-state index < -0.39 is 15.1 Å². The highest BCUT2D eigenvalue weighted by atomic mass is 35.5. The number of carbonyl (C=O) groups excluding carboxylic acids is 1. The van der Waals surface area contributed by atoms with Gasteiger partial charge in [0, 0.05) is 29.6 Å². The van der Waals surface area contributed by atoms with Crippen molar-refractivity contribution < 1.29 is 13.2 Å². The molecule has 144 valence electrons. The van der Waals surface area contributed by atoms with Crippen molar-refractivity contribution in [1.29, 1.82) is 0 Å². The molecule has 2 aromatic carbocycles. The molecule has 2 aromatic rings. The van der Waals surface area contributed by atoms with Gasteiger partial charge in [-0.25, -0.2) is 8.42 Å². The maximum Gasteiger partial charge on any atom is 0.222 e. The number of hydrogen-bond donors (Lipinski definition) is 0. The summed E-state index contributed by atoms with van der Waals surface area (Å²) in [7, 11) is -3.37. The van der Waals surface area contributed by atoms with Crippen LogP contribution in [0.4, 0.5) is 0 Å². The number of halogens is 2. The van der Waals surface area contributed by atoms with Crippen LogP contribution < -0.4 is 0 Å². The average Bonchev–Trinajstić information content (AvgIpc) is 2.78. The summed E-state index contributed by atoms with van der Waals surface area (Å²) in [6, 6.07) is 14.4. The van der Waals surface area contributed by atoms with E-state index in [1.165, 1.54) is 0 Å². The fourth-order valence-electron chi connectivity index (χ4n) is 3.38. The highest BCUT2D eigenvalue weighted by Crippen LogP contribution is 2.34. The fourth-order valence-corrected chi connectivity index (χ4v) is 5.74. The third kappa shape index (κ3) is 5.03. The van der Waals surface area contributed by atoms with Crippen molar-refractivity contribution in [3.8, 4) is 0 Å². The molecule has 1 unspecified atom stereocenters. The first-order chi connectivity index (χ1) is 12.9. The Hall–Kier alpha value is -1.56. The first kappa shape index (κ1) is 20.2. The zero-order valence-electron chi connectivity index (χ0n) is 14.8. The van der Waals surface area contributed by atoms with Crippen molar-refractivity contribution in [1.82, 2.24) is 4.90 Å². The monoisotopic (exact) mass is 425 g/mol. The van der Waals surface area contributed by atoms with Crippen LogP contribution in [0.1, 0.15) is 29.2 Å². The minimum absolute atomic E-state index is 0.0371. The molecule has 0 radical (unpaired) electrons. The van der Waals surface area contributed by atoms with E-state index in [2.05, 4.69) is 0 Å². The molecular weight excluding hydrogens is 405 g/mol. The van der Waals surface area contributed by atoms with Crippen LogP contribution in [-0.4, -0.2) is 38.1 Å². The second kappa shape index (κ2) is 8.63. The summed E-state index contributed by atoms with van der Waals surface area (Å²) >= 11 is 12.2. The lowest BCUT2D eigenvalue weighted by molar-refractivity contribution is -0.130. The SMILES string of the molecule is O=C(CCc1cccc(Cl)c1)N1CCC(c2ccccc2Cl)S(=O)(=O)CC1. The molecule has 0 aliphatic carbocycles. The predicted molar refractivity (Wildman–Crippen MR) is 109 cm³/mol. The normalized spacial score (nSPS) is 19.5. The summed E-state index contributed by atoms with van der Waals surface area (Å²) in [6.07, 6.45) is 1.27. The van der Waals surface area contributed by atoms with Gasteiger partial charge in [-0.1, -0.05) is 53.5 Å². The van der Waals surface area contributed by atoms with Crippen molar-refractivity contribution in [2.75, 3.05) is 18.8 Å². The van der Waals surface area contributed by atoms with E-state index in [1.54, 1.807) is 35.2 Å². The Kier molecular flexibility index (Phi) is 6.45. The van der Waals surface area contributed by atoms with Crippen molar-refractivity contribution in [2.45, 2.75) is 24.5 Å². The second-order valence-electron chi connectivity index (χ2n) is 6.68. The maximum atomic E-state index is 12.7. The lowest BCUT2D eigenvalue weighted by atomic mass is 10.1. The Morgan fingerprint density at radius 1 is 1.07 bits per heavy atom. The molecule has 7 heteroatoms. The molecule has 1 aliphatic rings. The summed E-state index contributed by atoms with van der Waals surface area (Å²) < 4.78 is 25.5. The summed E-state index contributed by atoms with van der Waals surface area (Å²) in [5.74, 6) is -0.0869. The zero-order chi connectivity index (χ0) is 19.4. The quantitative estimate of drug-likeness (QED) is 0.732. The first-order valence-corrected chi connectivity index (χ1v) is 11.3. The zero-order valence-corrected chi connectivity index (χ0v) is 17.1. The molecule has 1 atom stereocenters. The molecule has 0 bridgehead atoms. The second-order valence-corrected chi connectivity index (χ2v) is 9.82. The van der Waals surface area contributed by atoms with E-state index in [-0.39, 0.29) is 18.2 Å². The van der Waals surface area contributed by atoms with Crippen LogP contribution in [-0.2, 0) is 21.1 Å². The van der Waals surface area contributed by atoms with Gasteiger partial charge in [0.15, 0.2) is 9.84 Å². The van der Waals surface area contributed by atoms with Crippen molar-refractivity contribution >= 4 is 38.9 Å². The largest absolute Gasteiger partial charge is 0.342 e. The van der Waals surface area contributed by atoms with Crippen LogP contribution in [0.2, 0.25) is 10.0 Å². The third-order valence-corrected chi connectivity index (χ3v) is 7.55. The molecule has 0 saturated carbocycles. The number of aryl methyl sites for hydroxylation is 1.